The number of rotatable bonds is 6. The highest BCUT2D eigenvalue weighted by molar-refractivity contribution is 5.79. The standard InChI is InChI=1S/C14H21F3N4O/c1-4-18-13(21-10(2)3)20-8-9-22-12-11(14(15,16)17)6-5-7-19-12/h5-7,10H,4,8-9H2,1-3H3,(H2,18,20,21). The highest BCUT2D eigenvalue weighted by atomic mass is 19.4. The van der Waals surface area contributed by atoms with E-state index in [4.69, 9.17) is 4.74 Å². The molecule has 0 spiro atoms. The van der Waals surface area contributed by atoms with Crippen molar-refractivity contribution in [3.8, 4) is 5.88 Å². The van der Waals surface area contributed by atoms with Crippen LogP contribution >= 0.6 is 0 Å². The van der Waals surface area contributed by atoms with E-state index in [-0.39, 0.29) is 19.2 Å². The van der Waals surface area contributed by atoms with Gasteiger partial charge in [0.05, 0.1) is 6.54 Å². The first-order valence-electron chi connectivity index (χ1n) is 7.04. The maximum absolute atomic E-state index is 12.8. The maximum atomic E-state index is 12.8. The number of pyridine rings is 1. The number of guanidine groups is 1. The first kappa shape index (κ1) is 18.1. The average Bonchev–Trinajstić information content (AvgIpc) is 2.42. The molecule has 1 rings (SSSR count). The summed E-state index contributed by atoms with van der Waals surface area (Å²) in [5.74, 6) is 0.171. The van der Waals surface area contributed by atoms with Crippen LogP contribution < -0.4 is 15.4 Å². The summed E-state index contributed by atoms with van der Waals surface area (Å²) < 4.78 is 43.4. The highest BCUT2D eigenvalue weighted by Crippen LogP contribution is 2.34. The van der Waals surface area contributed by atoms with Crippen LogP contribution in [0.15, 0.2) is 23.3 Å². The first-order chi connectivity index (χ1) is 10.3. The summed E-state index contributed by atoms with van der Waals surface area (Å²) >= 11 is 0. The number of nitrogens with zero attached hydrogens (tertiary/aromatic N) is 2. The lowest BCUT2D eigenvalue weighted by atomic mass is 10.2. The normalized spacial score (nSPS) is 12.4. The van der Waals surface area contributed by atoms with E-state index in [0.717, 1.165) is 6.07 Å². The Hall–Kier alpha value is -1.99. The average molecular weight is 318 g/mol. The molecular formula is C14H21F3N4O. The molecule has 0 saturated heterocycles. The molecule has 0 saturated carbocycles. The molecule has 0 fully saturated rings. The second-order valence-electron chi connectivity index (χ2n) is 4.76. The molecular weight excluding hydrogens is 297 g/mol. The quantitative estimate of drug-likeness (QED) is 0.480. The van der Waals surface area contributed by atoms with Gasteiger partial charge in [-0.2, -0.15) is 13.2 Å². The van der Waals surface area contributed by atoms with E-state index < -0.39 is 17.6 Å². The molecule has 22 heavy (non-hydrogen) atoms. The fourth-order valence-electron chi connectivity index (χ4n) is 1.61. The van der Waals surface area contributed by atoms with Crippen LogP contribution in [-0.4, -0.2) is 36.7 Å². The molecule has 0 atom stereocenters. The molecule has 0 unspecified atom stereocenters. The van der Waals surface area contributed by atoms with Gasteiger partial charge in [0.1, 0.15) is 12.2 Å². The van der Waals surface area contributed by atoms with E-state index in [2.05, 4.69) is 20.6 Å². The Morgan fingerprint density at radius 3 is 2.73 bits per heavy atom. The molecule has 0 aliphatic heterocycles. The lowest BCUT2D eigenvalue weighted by Gasteiger charge is -2.14. The van der Waals surface area contributed by atoms with Crippen molar-refractivity contribution in [2.75, 3.05) is 19.7 Å². The van der Waals surface area contributed by atoms with Crippen LogP contribution in [0.4, 0.5) is 13.2 Å². The van der Waals surface area contributed by atoms with Crippen molar-refractivity contribution in [3.63, 3.8) is 0 Å². The lowest BCUT2D eigenvalue weighted by molar-refractivity contribution is -0.139. The Labute approximate surface area is 128 Å². The van der Waals surface area contributed by atoms with Crippen molar-refractivity contribution in [1.82, 2.24) is 15.6 Å². The molecule has 124 valence electrons. The molecule has 5 nitrogen and oxygen atoms in total. The van der Waals surface area contributed by atoms with Crippen LogP contribution in [0.3, 0.4) is 0 Å². The summed E-state index contributed by atoms with van der Waals surface area (Å²) in [6.07, 6.45) is -3.22. The van der Waals surface area contributed by atoms with Crippen molar-refractivity contribution in [3.05, 3.63) is 23.9 Å². The van der Waals surface area contributed by atoms with Gasteiger partial charge in [0.15, 0.2) is 5.96 Å². The molecule has 0 bridgehead atoms. The maximum Gasteiger partial charge on any atom is 0.421 e. The largest absolute Gasteiger partial charge is 0.475 e. The second kappa shape index (κ2) is 8.45. The van der Waals surface area contributed by atoms with Gasteiger partial charge in [-0.25, -0.2) is 9.98 Å². The van der Waals surface area contributed by atoms with E-state index in [1.807, 2.05) is 20.8 Å². The van der Waals surface area contributed by atoms with Crippen LogP contribution in [0, 0.1) is 0 Å². The SMILES string of the molecule is CCNC(=NCCOc1ncccc1C(F)(F)F)NC(C)C. The third-order valence-electron chi connectivity index (χ3n) is 2.45. The van der Waals surface area contributed by atoms with Crippen LogP contribution in [0.25, 0.3) is 0 Å². The van der Waals surface area contributed by atoms with Crippen molar-refractivity contribution in [1.29, 1.82) is 0 Å². The van der Waals surface area contributed by atoms with Gasteiger partial charge in [-0.1, -0.05) is 0 Å². The Morgan fingerprint density at radius 1 is 1.41 bits per heavy atom. The van der Waals surface area contributed by atoms with Crippen LogP contribution in [0.1, 0.15) is 26.3 Å². The topological polar surface area (TPSA) is 58.5 Å². The minimum atomic E-state index is -4.49. The highest BCUT2D eigenvalue weighted by Gasteiger charge is 2.34. The molecule has 0 aliphatic rings. The molecule has 1 aromatic rings. The van der Waals surface area contributed by atoms with Gasteiger partial charge in [0.25, 0.3) is 0 Å². The van der Waals surface area contributed by atoms with E-state index in [0.29, 0.717) is 12.5 Å². The van der Waals surface area contributed by atoms with Crippen LogP contribution in [0.5, 0.6) is 5.88 Å². The molecule has 1 aromatic heterocycles. The predicted octanol–water partition coefficient (Wildman–Crippen LogP) is 2.44. The van der Waals surface area contributed by atoms with Crippen molar-refractivity contribution in [2.24, 2.45) is 4.99 Å². The van der Waals surface area contributed by atoms with Crippen molar-refractivity contribution >= 4 is 5.96 Å². The fraction of sp³-hybridized carbons (Fsp3) is 0.571. The molecule has 0 radical (unpaired) electrons. The third-order valence-corrected chi connectivity index (χ3v) is 2.45. The van der Waals surface area contributed by atoms with Gasteiger partial charge in [0, 0.05) is 18.8 Å². The van der Waals surface area contributed by atoms with Gasteiger partial charge < -0.3 is 15.4 Å². The summed E-state index contributed by atoms with van der Waals surface area (Å²) in [5.41, 5.74) is -0.883. The van der Waals surface area contributed by atoms with Crippen LogP contribution in [0.2, 0.25) is 0 Å². The zero-order valence-corrected chi connectivity index (χ0v) is 12.9. The van der Waals surface area contributed by atoms with Gasteiger partial charge in [-0.05, 0) is 32.9 Å². The molecule has 2 N–H and O–H groups in total. The smallest absolute Gasteiger partial charge is 0.421 e. The Morgan fingerprint density at radius 2 is 2.14 bits per heavy atom. The number of hydrogen-bond donors (Lipinski definition) is 2. The van der Waals surface area contributed by atoms with Crippen LogP contribution in [-0.2, 0) is 6.18 Å². The number of hydrogen-bond acceptors (Lipinski definition) is 3. The minimum absolute atomic E-state index is 0.00869. The molecule has 0 amide bonds. The van der Waals surface area contributed by atoms with Gasteiger partial charge in [-0.15, -0.1) is 0 Å². The zero-order chi connectivity index (χ0) is 16.6. The fourth-order valence-corrected chi connectivity index (χ4v) is 1.61. The summed E-state index contributed by atoms with van der Waals surface area (Å²) in [5, 5.41) is 6.14. The summed E-state index contributed by atoms with van der Waals surface area (Å²) in [4.78, 5) is 7.85. The van der Waals surface area contributed by atoms with Crippen molar-refractivity contribution in [2.45, 2.75) is 33.0 Å². The Balaban J connectivity index is 2.60. The monoisotopic (exact) mass is 318 g/mol. The number of alkyl halides is 3. The van der Waals surface area contributed by atoms with E-state index >= 15 is 0 Å². The molecule has 8 heteroatoms. The van der Waals surface area contributed by atoms with Gasteiger partial charge in [-0.3, -0.25) is 0 Å². The zero-order valence-electron chi connectivity index (χ0n) is 12.9. The number of ether oxygens (including phenoxy) is 1. The molecule has 1 heterocycles. The van der Waals surface area contributed by atoms with Gasteiger partial charge in [0.2, 0.25) is 5.88 Å². The summed E-state index contributed by atoms with van der Waals surface area (Å²) in [7, 11) is 0. The lowest BCUT2D eigenvalue weighted by Crippen LogP contribution is -2.41. The Bertz CT molecular complexity index is 489. The number of aromatic nitrogens is 1. The van der Waals surface area contributed by atoms with E-state index in [9.17, 15) is 13.2 Å². The van der Waals surface area contributed by atoms with Crippen molar-refractivity contribution < 1.29 is 17.9 Å². The first-order valence-corrected chi connectivity index (χ1v) is 7.04. The number of nitrogens with one attached hydrogen (secondary N) is 2. The third kappa shape index (κ3) is 6.19. The second-order valence-corrected chi connectivity index (χ2v) is 4.76. The minimum Gasteiger partial charge on any atom is -0.475 e. The molecule has 0 aliphatic carbocycles. The Kier molecular flexibility index (Phi) is 6.94. The summed E-state index contributed by atoms with van der Waals surface area (Å²) in [6.45, 7) is 6.78. The predicted molar refractivity (Wildman–Crippen MR) is 79.0 cm³/mol. The van der Waals surface area contributed by atoms with E-state index in [1.165, 1.54) is 12.3 Å². The number of aliphatic imine (C=N–C) groups is 1. The molecule has 0 aromatic carbocycles. The number of halogens is 3. The van der Waals surface area contributed by atoms with Gasteiger partial charge >= 0.3 is 6.18 Å². The summed E-state index contributed by atoms with van der Waals surface area (Å²) in [6, 6.07) is 2.37. The van der Waals surface area contributed by atoms with E-state index in [1.54, 1.807) is 0 Å².